The second kappa shape index (κ2) is 6.86. The molecule has 4 heteroatoms. The molecule has 0 aliphatic rings. The molecule has 144 valence electrons. The van der Waals surface area contributed by atoms with Crippen molar-refractivity contribution >= 4 is 64.6 Å². The summed E-state index contributed by atoms with van der Waals surface area (Å²) in [6.07, 6.45) is 3.69. The third kappa shape index (κ3) is 2.60. The topological polar surface area (TPSA) is 26.3 Å². The first-order valence-electron chi connectivity index (χ1n) is 9.56. The number of hydrogen-bond acceptors (Lipinski definition) is 2. The Balaban J connectivity index is 1.80. The van der Waals surface area contributed by atoms with Crippen LogP contribution < -0.4 is 0 Å². The lowest BCUT2D eigenvalue weighted by atomic mass is 9.95. The molecule has 0 amide bonds. The van der Waals surface area contributed by atoms with E-state index in [1.807, 2.05) is 48.9 Å². The van der Waals surface area contributed by atoms with Gasteiger partial charge in [-0.3, -0.25) is 0 Å². The van der Waals surface area contributed by atoms with Crippen LogP contribution in [0, 0.1) is 0 Å². The van der Waals surface area contributed by atoms with Crippen LogP contribution in [0.4, 0.5) is 0 Å². The molecule has 0 aliphatic heterocycles. The van der Waals surface area contributed by atoms with Crippen molar-refractivity contribution < 1.29 is 8.83 Å². The van der Waals surface area contributed by atoms with E-state index >= 15 is 0 Å². The van der Waals surface area contributed by atoms with Crippen molar-refractivity contribution in [3.05, 3.63) is 94.3 Å². The zero-order valence-corrected chi connectivity index (χ0v) is 18.8. The Morgan fingerprint density at radius 3 is 1.33 bits per heavy atom. The maximum atomic E-state index is 6.01. The van der Waals surface area contributed by atoms with Crippen molar-refractivity contribution in [2.75, 3.05) is 0 Å². The summed E-state index contributed by atoms with van der Waals surface area (Å²) >= 11 is 7.48. The minimum Gasteiger partial charge on any atom is -0.462 e. The van der Waals surface area contributed by atoms with Gasteiger partial charge in [0.2, 0.25) is 0 Å². The molecule has 0 fully saturated rings. The van der Waals surface area contributed by atoms with Crippen molar-refractivity contribution in [2.24, 2.45) is 0 Å². The van der Waals surface area contributed by atoms with Crippen molar-refractivity contribution in [3.8, 4) is 22.3 Å². The van der Waals surface area contributed by atoms with Gasteiger partial charge in [0.1, 0.15) is 11.2 Å². The number of halogens is 2. The van der Waals surface area contributed by atoms with E-state index in [0.717, 1.165) is 63.9 Å². The van der Waals surface area contributed by atoms with E-state index in [-0.39, 0.29) is 0 Å². The maximum absolute atomic E-state index is 6.01. The molecule has 0 aliphatic carbocycles. The molecule has 0 bridgehead atoms. The van der Waals surface area contributed by atoms with Crippen LogP contribution in [0.25, 0.3) is 55.0 Å². The molecule has 2 nitrogen and oxygen atoms in total. The fourth-order valence-electron chi connectivity index (χ4n) is 4.22. The number of rotatable bonds is 2. The molecule has 0 radical (unpaired) electrons. The lowest BCUT2D eigenvalue weighted by molar-refractivity contribution is 0.614. The van der Waals surface area contributed by atoms with Crippen LogP contribution in [-0.2, 0) is 0 Å². The first-order chi connectivity index (χ1) is 14.7. The van der Waals surface area contributed by atoms with E-state index in [9.17, 15) is 0 Å². The van der Waals surface area contributed by atoms with Gasteiger partial charge in [0, 0.05) is 21.9 Å². The Morgan fingerprint density at radius 1 is 0.533 bits per heavy atom. The molecule has 4 aromatic carbocycles. The second-order valence-electron chi connectivity index (χ2n) is 7.25. The van der Waals surface area contributed by atoms with Crippen LogP contribution in [0.5, 0.6) is 0 Å². The van der Waals surface area contributed by atoms with Gasteiger partial charge in [-0.05, 0) is 65.9 Å². The largest absolute Gasteiger partial charge is 0.462 e. The molecule has 2 heterocycles. The number of benzene rings is 4. The summed E-state index contributed by atoms with van der Waals surface area (Å²) in [5.74, 6) is 0. The van der Waals surface area contributed by atoms with Gasteiger partial charge in [0.25, 0.3) is 0 Å². The number of furan rings is 2. The Kier molecular flexibility index (Phi) is 4.12. The fourth-order valence-corrected chi connectivity index (χ4v) is 5.26. The van der Waals surface area contributed by atoms with E-state index in [4.69, 9.17) is 8.83 Å². The maximum Gasteiger partial charge on any atom is 0.149 e. The van der Waals surface area contributed by atoms with Crippen molar-refractivity contribution in [3.63, 3.8) is 0 Å². The second-order valence-corrected chi connectivity index (χ2v) is 8.96. The van der Waals surface area contributed by atoms with Crippen LogP contribution in [0.3, 0.4) is 0 Å². The Bertz CT molecular complexity index is 1430. The van der Waals surface area contributed by atoms with Gasteiger partial charge < -0.3 is 8.83 Å². The molecule has 0 saturated heterocycles. The van der Waals surface area contributed by atoms with Crippen LogP contribution >= 0.6 is 31.9 Å². The molecule has 0 N–H and O–H groups in total. The molecule has 0 spiro atoms. The third-order valence-electron chi connectivity index (χ3n) is 5.56. The van der Waals surface area contributed by atoms with Crippen molar-refractivity contribution in [2.45, 2.75) is 0 Å². The summed E-state index contributed by atoms with van der Waals surface area (Å²) in [7, 11) is 0. The molecule has 6 aromatic rings. The van der Waals surface area contributed by atoms with Gasteiger partial charge in [0.05, 0.1) is 21.5 Å². The van der Waals surface area contributed by atoms with E-state index < -0.39 is 0 Å². The van der Waals surface area contributed by atoms with Crippen molar-refractivity contribution in [1.29, 1.82) is 0 Å². The first kappa shape index (κ1) is 18.0. The monoisotopic (exact) mass is 516 g/mol. The molecule has 0 unspecified atom stereocenters. The highest BCUT2D eigenvalue weighted by Gasteiger charge is 2.20. The van der Waals surface area contributed by atoms with Gasteiger partial charge >= 0.3 is 0 Å². The van der Waals surface area contributed by atoms with Crippen LogP contribution in [0.1, 0.15) is 0 Å². The van der Waals surface area contributed by atoms with E-state index in [1.54, 1.807) is 0 Å². The summed E-state index contributed by atoms with van der Waals surface area (Å²) in [5, 5.41) is 4.43. The first-order valence-corrected chi connectivity index (χ1v) is 11.1. The van der Waals surface area contributed by atoms with E-state index in [2.05, 4.69) is 68.3 Å². The summed E-state index contributed by atoms with van der Waals surface area (Å²) in [6.45, 7) is 0. The summed E-state index contributed by atoms with van der Waals surface area (Å²) in [4.78, 5) is 0. The molecular weight excluding hydrogens is 504 g/mol. The number of hydrogen-bond donors (Lipinski definition) is 0. The van der Waals surface area contributed by atoms with E-state index in [0.29, 0.717) is 0 Å². The van der Waals surface area contributed by atoms with Crippen molar-refractivity contribution in [1.82, 2.24) is 0 Å². The molecule has 6 rings (SSSR count). The van der Waals surface area contributed by atoms with Gasteiger partial charge in [-0.1, -0.05) is 60.7 Å². The molecule has 30 heavy (non-hydrogen) atoms. The standard InChI is InChI=1S/C26H14Br2O2/c27-21-12-18-17(23-19(13-29-25(21)23)15-7-3-1-4-8-15)11-22(28)26-24(18)20(14-30-26)16-9-5-2-6-10-16/h1-14H. The molecule has 2 aromatic heterocycles. The molecule has 0 atom stereocenters. The fraction of sp³-hybridized carbons (Fsp3) is 0. The lowest BCUT2D eigenvalue weighted by Crippen LogP contribution is -1.83. The predicted molar refractivity (Wildman–Crippen MR) is 130 cm³/mol. The molecular formula is C26H14Br2O2. The predicted octanol–water partition coefficient (Wildman–Crippen LogP) is 9.19. The Morgan fingerprint density at radius 2 is 0.933 bits per heavy atom. The van der Waals surface area contributed by atoms with E-state index in [1.165, 1.54) is 0 Å². The summed E-state index contributed by atoms with van der Waals surface area (Å²) in [6, 6.07) is 24.9. The Hall–Kier alpha value is -2.82. The highest BCUT2D eigenvalue weighted by molar-refractivity contribution is 9.11. The van der Waals surface area contributed by atoms with Gasteiger partial charge in [-0.25, -0.2) is 0 Å². The highest BCUT2D eigenvalue weighted by atomic mass is 79.9. The summed E-state index contributed by atoms with van der Waals surface area (Å²) < 4.78 is 13.9. The average molecular weight is 518 g/mol. The van der Waals surface area contributed by atoms with Gasteiger partial charge in [-0.2, -0.15) is 0 Å². The lowest BCUT2D eigenvalue weighted by Gasteiger charge is -2.08. The van der Waals surface area contributed by atoms with Crippen LogP contribution in [-0.4, -0.2) is 0 Å². The third-order valence-corrected chi connectivity index (χ3v) is 6.73. The van der Waals surface area contributed by atoms with Gasteiger partial charge in [-0.15, -0.1) is 0 Å². The number of fused-ring (bicyclic) bond motifs is 5. The average Bonchev–Trinajstić information content (AvgIpc) is 3.42. The Labute approximate surface area is 189 Å². The normalized spacial score (nSPS) is 11.7. The minimum atomic E-state index is 0.845. The highest BCUT2D eigenvalue weighted by Crippen LogP contribution is 2.46. The molecule has 0 saturated carbocycles. The SMILES string of the molecule is Brc1cc2c(cc(Br)c3occ(-c4ccccc4)c32)c2c(-c3ccccc3)coc12. The van der Waals surface area contributed by atoms with Crippen LogP contribution in [0.2, 0.25) is 0 Å². The minimum absolute atomic E-state index is 0.845. The zero-order valence-electron chi connectivity index (χ0n) is 15.7. The van der Waals surface area contributed by atoms with Crippen LogP contribution in [0.15, 0.2) is 103 Å². The quantitative estimate of drug-likeness (QED) is 0.229. The smallest absolute Gasteiger partial charge is 0.149 e. The summed E-state index contributed by atoms with van der Waals surface area (Å²) in [5.41, 5.74) is 6.10. The van der Waals surface area contributed by atoms with Gasteiger partial charge in [0.15, 0.2) is 0 Å². The zero-order chi connectivity index (χ0) is 20.2.